The minimum Gasteiger partial charge on any atom is -0.469 e. The summed E-state index contributed by atoms with van der Waals surface area (Å²) in [5.74, 6) is 0.284. The highest BCUT2D eigenvalue weighted by molar-refractivity contribution is 6.00. The van der Waals surface area contributed by atoms with E-state index in [0.29, 0.717) is 17.0 Å². The highest BCUT2D eigenvalue weighted by Gasteiger charge is 2.10. The number of rotatable bonds is 3. The Morgan fingerprint density at radius 1 is 1.44 bits per heavy atom. The van der Waals surface area contributed by atoms with Gasteiger partial charge in [0.25, 0.3) is 5.91 Å². The minimum absolute atomic E-state index is 0.288. The maximum atomic E-state index is 11.8. The molecule has 0 aliphatic carbocycles. The lowest BCUT2D eigenvalue weighted by atomic mass is 10.2. The number of hydrazone groups is 1. The Bertz CT molecular complexity index is 573. The molecular formula is C13H13N3O2. The zero-order chi connectivity index (χ0) is 13.0. The third-order valence-corrected chi connectivity index (χ3v) is 2.51. The van der Waals surface area contributed by atoms with Gasteiger partial charge in [-0.25, -0.2) is 5.43 Å². The summed E-state index contributed by atoms with van der Waals surface area (Å²) in [4.78, 5) is 15.8. The highest BCUT2D eigenvalue weighted by Crippen LogP contribution is 2.08. The average molecular weight is 243 g/mol. The number of aromatic nitrogens is 1. The number of amides is 1. The van der Waals surface area contributed by atoms with Gasteiger partial charge in [0.05, 0.1) is 17.5 Å². The van der Waals surface area contributed by atoms with Crippen LogP contribution in [-0.2, 0) is 0 Å². The van der Waals surface area contributed by atoms with Crippen LogP contribution in [0.5, 0.6) is 0 Å². The molecule has 92 valence electrons. The first-order valence-electron chi connectivity index (χ1n) is 5.47. The molecule has 2 aromatic heterocycles. The molecule has 5 heteroatoms. The maximum absolute atomic E-state index is 11.8. The molecule has 0 aromatic carbocycles. The van der Waals surface area contributed by atoms with Crippen LogP contribution >= 0.6 is 0 Å². The van der Waals surface area contributed by atoms with Crippen LogP contribution in [0.1, 0.15) is 28.6 Å². The van der Waals surface area contributed by atoms with Gasteiger partial charge in [-0.3, -0.25) is 9.78 Å². The van der Waals surface area contributed by atoms with Crippen LogP contribution in [-0.4, -0.2) is 16.6 Å². The Hall–Kier alpha value is -2.43. The van der Waals surface area contributed by atoms with Crippen LogP contribution in [0.25, 0.3) is 0 Å². The van der Waals surface area contributed by atoms with Gasteiger partial charge in [-0.1, -0.05) is 6.07 Å². The molecule has 0 saturated heterocycles. The van der Waals surface area contributed by atoms with E-state index in [4.69, 9.17) is 4.42 Å². The second kappa shape index (κ2) is 5.27. The van der Waals surface area contributed by atoms with E-state index in [0.717, 1.165) is 5.56 Å². The quantitative estimate of drug-likeness (QED) is 0.663. The molecule has 2 rings (SSSR count). The molecule has 5 nitrogen and oxygen atoms in total. The predicted molar refractivity (Wildman–Crippen MR) is 67.4 cm³/mol. The Balaban J connectivity index is 2.08. The number of aryl methyl sites for hydroxylation is 1. The highest BCUT2D eigenvalue weighted by atomic mass is 16.3. The topological polar surface area (TPSA) is 67.5 Å². The normalized spacial score (nSPS) is 11.3. The molecule has 0 fully saturated rings. The van der Waals surface area contributed by atoms with Crippen molar-refractivity contribution in [3.63, 3.8) is 0 Å². The van der Waals surface area contributed by atoms with Crippen molar-refractivity contribution in [2.24, 2.45) is 5.10 Å². The fourth-order valence-corrected chi connectivity index (χ4v) is 1.46. The first kappa shape index (κ1) is 12.0. The zero-order valence-electron chi connectivity index (χ0n) is 10.2. The van der Waals surface area contributed by atoms with Gasteiger partial charge in [0.15, 0.2) is 0 Å². The number of carbonyl (C=O) groups excluding carboxylic acids is 1. The molecule has 1 amide bonds. The van der Waals surface area contributed by atoms with Gasteiger partial charge in [-0.05, 0) is 26.0 Å². The van der Waals surface area contributed by atoms with E-state index < -0.39 is 0 Å². The van der Waals surface area contributed by atoms with Crippen LogP contribution in [0.4, 0.5) is 0 Å². The summed E-state index contributed by atoms with van der Waals surface area (Å²) in [6, 6.07) is 5.30. The van der Waals surface area contributed by atoms with Crippen molar-refractivity contribution in [3.8, 4) is 0 Å². The Morgan fingerprint density at radius 2 is 2.28 bits per heavy atom. The molecule has 0 saturated carbocycles. The van der Waals surface area contributed by atoms with Crippen LogP contribution < -0.4 is 5.43 Å². The molecule has 0 unspecified atom stereocenters. The number of hydrogen-bond acceptors (Lipinski definition) is 4. The molecule has 0 aliphatic heterocycles. The van der Waals surface area contributed by atoms with Crippen molar-refractivity contribution in [3.05, 3.63) is 53.7 Å². The van der Waals surface area contributed by atoms with E-state index in [-0.39, 0.29) is 5.91 Å². The van der Waals surface area contributed by atoms with E-state index in [1.165, 1.54) is 6.26 Å². The lowest BCUT2D eigenvalue weighted by Gasteiger charge is -2.01. The van der Waals surface area contributed by atoms with Gasteiger partial charge >= 0.3 is 0 Å². The standard InChI is InChI=1S/C13H13N3O2/c1-9(11-4-3-6-14-8-11)15-16-13(17)12-5-7-18-10(12)2/h3-8H,1-2H3,(H,16,17)/b15-9-. The number of hydrogen-bond donors (Lipinski definition) is 1. The summed E-state index contributed by atoms with van der Waals surface area (Å²) in [7, 11) is 0. The fourth-order valence-electron chi connectivity index (χ4n) is 1.46. The molecule has 1 N–H and O–H groups in total. The summed E-state index contributed by atoms with van der Waals surface area (Å²) in [5, 5.41) is 4.03. The van der Waals surface area contributed by atoms with E-state index >= 15 is 0 Å². The van der Waals surface area contributed by atoms with Crippen LogP contribution in [0.3, 0.4) is 0 Å². The molecule has 2 heterocycles. The summed E-state index contributed by atoms with van der Waals surface area (Å²) in [6.07, 6.45) is 4.85. The first-order valence-corrected chi connectivity index (χ1v) is 5.47. The molecule has 0 radical (unpaired) electrons. The summed E-state index contributed by atoms with van der Waals surface area (Å²) >= 11 is 0. The molecule has 0 aliphatic rings. The number of nitrogens with one attached hydrogen (secondary N) is 1. The Labute approximate surface area is 105 Å². The number of carbonyl (C=O) groups is 1. The predicted octanol–water partition coefficient (Wildman–Crippen LogP) is 2.14. The van der Waals surface area contributed by atoms with E-state index in [1.54, 1.807) is 32.3 Å². The monoisotopic (exact) mass is 243 g/mol. The summed E-state index contributed by atoms with van der Waals surface area (Å²) in [5.41, 5.74) is 4.52. The second-order valence-corrected chi connectivity index (χ2v) is 3.77. The van der Waals surface area contributed by atoms with Gasteiger partial charge in [-0.2, -0.15) is 5.10 Å². The third kappa shape index (κ3) is 2.63. The van der Waals surface area contributed by atoms with Gasteiger partial charge in [0, 0.05) is 18.0 Å². The Morgan fingerprint density at radius 3 is 2.89 bits per heavy atom. The average Bonchev–Trinajstić information content (AvgIpc) is 2.83. The van der Waals surface area contributed by atoms with Crippen molar-refractivity contribution in [2.75, 3.05) is 0 Å². The van der Waals surface area contributed by atoms with E-state index in [9.17, 15) is 4.79 Å². The van der Waals surface area contributed by atoms with Crippen molar-refractivity contribution in [2.45, 2.75) is 13.8 Å². The second-order valence-electron chi connectivity index (χ2n) is 3.77. The summed E-state index contributed by atoms with van der Waals surface area (Å²) in [6.45, 7) is 3.53. The van der Waals surface area contributed by atoms with Gasteiger partial charge in [0.2, 0.25) is 0 Å². The summed E-state index contributed by atoms with van der Waals surface area (Å²) < 4.78 is 5.06. The molecule has 0 atom stereocenters. The van der Waals surface area contributed by atoms with Gasteiger partial charge < -0.3 is 4.42 Å². The molecule has 2 aromatic rings. The van der Waals surface area contributed by atoms with Crippen molar-refractivity contribution in [1.29, 1.82) is 0 Å². The lowest BCUT2D eigenvalue weighted by molar-refractivity contribution is 0.0953. The van der Waals surface area contributed by atoms with Crippen molar-refractivity contribution in [1.82, 2.24) is 10.4 Å². The lowest BCUT2D eigenvalue weighted by Crippen LogP contribution is -2.19. The largest absolute Gasteiger partial charge is 0.469 e. The van der Waals surface area contributed by atoms with E-state index in [1.807, 2.05) is 12.1 Å². The maximum Gasteiger partial charge on any atom is 0.274 e. The molecule has 18 heavy (non-hydrogen) atoms. The first-order chi connectivity index (χ1) is 8.68. The van der Waals surface area contributed by atoms with Crippen LogP contribution in [0.15, 0.2) is 46.4 Å². The third-order valence-electron chi connectivity index (χ3n) is 2.51. The van der Waals surface area contributed by atoms with E-state index in [2.05, 4.69) is 15.5 Å². The SMILES string of the molecule is C/C(=N/NC(=O)c1ccoc1C)c1cccnc1. The van der Waals surface area contributed by atoms with Crippen molar-refractivity contribution < 1.29 is 9.21 Å². The molecular weight excluding hydrogens is 230 g/mol. The number of nitrogens with zero attached hydrogens (tertiary/aromatic N) is 2. The van der Waals surface area contributed by atoms with Gasteiger partial charge in [0.1, 0.15) is 5.76 Å². The van der Waals surface area contributed by atoms with Crippen molar-refractivity contribution >= 4 is 11.6 Å². The van der Waals surface area contributed by atoms with Crippen LogP contribution in [0, 0.1) is 6.92 Å². The number of furan rings is 1. The number of pyridine rings is 1. The molecule has 0 bridgehead atoms. The molecule has 0 spiro atoms. The van der Waals surface area contributed by atoms with Crippen LogP contribution in [0.2, 0.25) is 0 Å². The minimum atomic E-state index is -0.288. The Kier molecular flexibility index (Phi) is 3.52. The fraction of sp³-hybridized carbons (Fsp3) is 0.154. The smallest absolute Gasteiger partial charge is 0.274 e. The van der Waals surface area contributed by atoms with Gasteiger partial charge in [-0.15, -0.1) is 0 Å². The zero-order valence-corrected chi connectivity index (χ0v) is 10.2.